The largest absolute Gasteiger partial charge is 0.342 e. The second-order valence-corrected chi connectivity index (χ2v) is 7.70. The first-order valence-electron chi connectivity index (χ1n) is 8.53. The number of nitrogens with zero attached hydrogens (tertiary/aromatic N) is 1. The maximum atomic E-state index is 2.35. The van der Waals surface area contributed by atoms with E-state index in [-0.39, 0.29) is 0 Å². The molecule has 0 radical (unpaired) electrons. The van der Waals surface area contributed by atoms with Crippen LogP contribution in [-0.2, 0) is 7.05 Å². The molecule has 0 unspecified atom stereocenters. The fraction of sp³-hybridized carbons (Fsp3) is 0.0435. The summed E-state index contributed by atoms with van der Waals surface area (Å²) in [5.74, 6) is 0. The van der Waals surface area contributed by atoms with Crippen LogP contribution < -0.4 is 0 Å². The van der Waals surface area contributed by atoms with Crippen LogP contribution in [0.2, 0.25) is 0 Å². The van der Waals surface area contributed by atoms with Crippen LogP contribution in [0.3, 0.4) is 0 Å². The van der Waals surface area contributed by atoms with Gasteiger partial charge < -0.3 is 4.57 Å². The zero-order valence-electron chi connectivity index (χ0n) is 13.8. The van der Waals surface area contributed by atoms with Crippen molar-refractivity contribution < 1.29 is 0 Å². The average Bonchev–Trinajstić information content (AvgIpc) is 3.18. The number of hydrogen-bond acceptors (Lipinski definition) is 1. The molecule has 2 heterocycles. The topological polar surface area (TPSA) is 4.93 Å². The fourth-order valence-electron chi connectivity index (χ4n) is 4.22. The van der Waals surface area contributed by atoms with Gasteiger partial charge in [0.15, 0.2) is 0 Å². The van der Waals surface area contributed by atoms with Gasteiger partial charge in [-0.2, -0.15) is 0 Å². The van der Waals surface area contributed by atoms with Crippen LogP contribution in [-0.4, -0.2) is 4.57 Å². The number of benzene rings is 4. The molecular formula is C23H15NS. The predicted octanol–water partition coefficient (Wildman–Crippen LogP) is 6.85. The summed E-state index contributed by atoms with van der Waals surface area (Å²) in [4.78, 5) is 0. The van der Waals surface area contributed by atoms with Crippen molar-refractivity contribution in [2.45, 2.75) is 0 Å². The lowest BCUT2D eigenvalue weighted by Crippen LogP contribution is -1.85. The van der Waals surface area contributed by atoms with Crippen molar-refractivity contribution in [3.8, 4) is 0 Å². The molecule has 0 atom stereocenters. The van der Waals surface area contributed by atoms with Crippen LogP contribution in [0.25, 0.3) is 52.8 Å². The van der Waals surface area contributed by atoms with E-state index in [1.165, 1.54) is 52.8 Å². The first-order chi connectivity index (χ1) is 12.3. The summed E-state index contributed by atoms with van der Waals surface area (Å²) in [6, 6.07) is 26.5. The van der Waals surface area contributed by atoms with E-state index in [9.17, 15) is 0 Å². The molecule has 2 heteroatoms. The molecule has 2 aromatic heterocycles. The molecule has 0 saturated heterocycles. The Bertz CT molecular complexity index is 1450. The van der Waals surface area contributed by atoms with Crippen LogP contribution in [0, 0.1) is 0 Å². The normalized spacial score (nSPS) is 12.2. The third-order valence-electron chi connectivity index (χ3n) is 5.40. The molecule has 0 amide bonds. The molecule has 0 N–H and O–H groups in total. The van der Waals surface area contributed by atoms with E-state index in [4.69, 9.17) is 0 Å². The van der Waals surface area contributed by atoms with Gasteiger partial charge in [0, 0.05) is 38.8 Å². The van der Waals surface area contributed by atoms with Gasteiger partial charge in [-0.15, -0.1) is 11.3 Å². The highest BCUT2D eigenvalue weighted by atomic mass is 32.1. The van der Waals surface area contributed by atoms with Gasteiger partial charge >= 0.3 is 0 Å². The standard InChI is InChI=1S/C23H15NS/c1-24-20-9-5-4-8-16(20)17-12-13-19-18-11-10-14-6-2-3-7-15(14)22(18)25-23(19)21(17)24/h2-13H,1H3. The number of hydrogen-bond donors (Lipinski definition) is 0. The molecule has 4 aromatic carbocycles. The molecule has 6 rings (SSSR count). The zero-order chi connectivity index (χ0) is 16.5. The molecule has 0 spiro atoms. The Kier molecular flexibility index (Phi) is 2.48. The summed E-state index contributed by atoms with van der Waals surface area (Å²) in [5, 5.41) is 8.09. The highest BCUT2D eigenvalue weighted by molar-refractivity contribution is 7.27. The first kappa shape index (κ1) is 13.5. The van der Waals surface area contributed by atoms with Crippen LogP contribution >= 0.6 is 11.3 Å². The van der Waals surface area contributed by atoms with Crippen LogP contribution in [0.1, 0.15) is 0 Å². The van der Waals surface area contributed by atoms with E-state index in [1.807, 2.05) is 11.3 Å². The molecule has 0 saturated carbocycles. The lowest BCUT2D eigenvalue weighted by atomic mass is 10.1. The molecular weight excluding hydrogens is 322 g/mol. The summed E-state index contributed by atoms with van der Waals surface area (Å²) in [5.41, 5.74) is 2.65. The van der Waals surface area contributed by atoms with E-state index >= 15 is 0 Å². The Hall–Kier alpha value is -2.84. The van der Waals surface area contributed by atoms with Crippen molar-refractivity contribution in [3.63, 3.8) is 0 Å². The van der Waals surface area contributed by atoms with Gasteiger partial charge in [-0.25, -0.2) is 0 Å². The SMILES string of the molecule is Cn1c2ccccc2c2ccc3c4ccc5ccccc5c4sc3c21. The Morgan fingerprint density at radius 1 is 0.600 bits per heavy atom. The average molecular weight is 337 g/mol. The number of aromatic nitrogens is 1. The molecule has 0 bridgehead atoms. The molecule has 0 aliphatic carbocycles. The van der Waals surface area contributed by atoms with Crippen molar-refractivity contribution in [1.29, 1.82) is 0 Å². The van der Waals surface area contributed by atoms with E-state index < -0.39 is 0 Å². The lowest BCUT2D eigenvalue weighted by Gasteiger charge is -1.99. The summed E-state index contributed by atoms with van der Waals surface area (Å²) in [6.45, 7) is 0. The van der Waals surface area contributed by atoms with Crippen molar-refractivity contribution in [3.05, 3.63) is 72.8 Å². The Morgan fingerprint density at radius 3 is 2.20 bits per heavy atom. The highest BCUT2D eigenvalue weighted by Crippen LogP contribution is 2.43. The number of thiophene rings is 1. The number of rotatable bonds is 0. The van der Waals surface area contributed by atoms with Crippen molar-refractivity contribution in [2.24, 2.45) is 7.05 Å². The molecule has 6 aromatic rings. The Balaban J connectivity index is 1.92. The third-order valence-corrected chi connectivity index (χ3v) is 6.66. The van der Waals surface area contributed by atoms with Crippen molar-refractivity contribution in [2.75, 3.05) is 0 Å². The Morgan fingerprint density at radius 2 is 1.28 bits per heavy atom. The number of para-hydroxylation sites is 1. The fourth-order valence-corrected chi connectivity index (χ4v) is 5.64. The minimum Gasteiger partial charge on any atom is -0.342 e. The van der Waals surface area contributed by atoms with Crippen LogP contribution in [0.15, 0.2) is 72.8 Å². The summed E-state index contributed by atoms with van der Waals surface area (Å²) < 4.78 is 5.14. The quantitative estimate of drug-likeness (QED) is 0.285. The highest BCUT2D eigenvalue weighted by Gasteiger charge is 2.15. The van der Waals surface area contributed by atoms with Gasteiger partial charge in [-0.1, -0.05) is 66.7 Å². The number of fused-ring (bicyclic) bond motifs is 9. The molecule has 118 valence electrons. The van der Waals surface area contributed by atoms with Gasteiger partial charge in [0.1, 0.15) is 0 Å². The summed E-state index contributed by atoms with van der Waals surface area (Å²) >= 11 is 1.93. The molecule has 1 nitrogen and oxygen atoms in total. The van der Waals surface area contributed by atoms with Crippen molar-refractivity contribution in [1.82, 2.24) is 4.57 Å². The lowest BCUT2D eigenvalue weighted by molar-refractivity contribution is 1.02. The molecule has 0 aliphatic heterocycles. The van der Waals surface area contributed by atoms with Crippen LogP contribution in [0.5, 0.6) is 0 Å². The minimum atomic E-state index is 1.30. The summed E-state index contributed by atoms with van der Waals surface area (Å²) in [7, 11) is 2.19. The molecule has 25 heavy (non-hydrogen) atoms. The van der Waals surface area contributed by atoms with Gasteiger partial charge in [-0.05, 0) is 16.8 Å². The monoisotopic (exact) mass is 337 g/mol. The van der Waals surface area contributed by atoms with Gasteiger partial charge in [0.25, 0.3) is 0 Å². The number of aryl methyl sites for hydroxylation is 1. The maximum absolute atomic E-state index is 2.35. The molecule has 0 aliphatic rings. The van der Waals surface area contributed by atoms with E-state index in [1.54, 1.807) is 0 Å². The van der Waals surface area contributed by atoms with E-state index in [0.29, 0.717) is 0 Å². The predicted molar refractivity (Wildman–Crippen MR) is 111 cm³/mol. The van der Waals surface area contributed by atoms with E-state index in [0.717, 1.165) is 0 Å². The van der Waals surface area contributed by atoms with Crippen molar-refractivity contribution >= 4 is 64.1 Å². The zero-order valence-corrected chi connectivity index (χ0v) is 14.6. The maximum Gasteiger partial charge on any atom is 0.0670 e. The second kappa shape index (κ2) is 4.62. The smallest absolute Gasteiger partial charge is 0.0670 e. The second-order valence-electron chi connectivity index (χ2n) is 6.68. The van der Waals surface area contributed by atoms with Gasteiger partial charge in [0.2, 0.25) is 0 Å². The first-order valence-corrected chi connectivity index (χ1v) is 9.35. The summed E-state index contributed by atoms with van der Waals surface area (Å²) in [6.07, 6.45) is 0. The van der Waals surface area contributed by atoms with Gasteiger partial charge in [-0.3, -0.25) is 0 Å². The molecule has 0 fully saturated rings. The van der Waals surface area contributed by atoms with E-state index in [2.05, 4.69) is 84.4 Å². The van der Waals surface area contributed by atoms with Gasteiger partial charge in [0.05, 0.1) is 10.2 Å². The third kappa shape index (κ3) is 1.62. The van der Waals surface area contributed by atoms with Crippen LogP contribution in [0.4, 0.5) is 0 Å². The Labute approximate surface area is 148 Å². The minimum absolute atomic E-state index is 1.30.